The molecule has 0 fully saturated rings. The van der Waals surface area contributed by atoms with Crippen LogP contribution in [0.25, 0.3) is 0 Å². The van der Waals surface area contributed by atoms with Gasteiger partial charge in [-0.15, -0.1) is 0 Å². The second-order valence-corrected chi connectivity index (χ2v) is 3.37. The van der Waals surface area contributed by atoms with Crippen LogP contribution in [0.15, 0.2) is 6.07 Å². The van der Waals surface area contributed by atoms with Crippen molar-refractivity contribution in [3.63, 3.8) is 0 Å². The molecule has 0 saturated carbocycles. The van der Waals surface area contributed by atoms with Crippen LogP contribution in [0.4, 0.5) is 0 Å². The van der Waals surface area contributed by atoms with E-state index in [1.807, 2.05) is 19.9 Å². The number of ether oxygens (including phenoxy) is 1. The maximum Gasteiger partial charge on any atom is 0.143 e. The number of aliphatic hydroxyl groups is 1. The fourth-order valence-electron chi connectivity index (χ4n) is 1.38. The van der Waals surface area contributed by atoms with Gasteiger partial charge in [-0.25, -0.2) is 0 Å². The van der Waals surface area contributed by atoms with Gasteiger partial charge in [-0.05, 0) is 25.0 Å². The summed E-state index contributed by atoms with van der Waals surface area (Å²) >= 11 is 6.01. The Kier molecular flexibility index (Phi) is 3.17. The van der Waals surface area contributed by atoms with Gasteiger partial charge in [-0.3, -0.25) is 0 Å². The van der Waals surface area contributed by atoms with E-state index in [1.165, 1.54) is 0 Å². The fourth-order valence-corrected chi connectivity index (χ4v) is 1.62. The number of benzene rings is 1. The first-order valence-corrected chi connectivity index (χ1v) is 4.43. The molecule has 0 amide bonds. The van der Waals surface area contributed by atoms with Gasteiger partial charge in [0, 0.05) is 5.56 Å². The number of rotatable bonds is 2. The molecule has 0 aliphatic rings. The summed E-state index contributed by atoms with van der Waals surface area (Å²) in [7, 11) is 1.55. The molecular weight excluding hydrogens is 188 g/mol. The van der Waals surface area contributed by atoms with E-state index in [4.69, 9.17) is 21.4 Å². The summed E-state index contributed by atoms with van der Waals surface area (Å²) in [5, 5.41) is 9.69. The first kappa shape index (κ1) is 10.4. The minimum absolute atomic E-state index is 0.0466. The highest BCUT2D eigenvalue weighted by molar-refractivity contribution is 6.33. The molecule has 1 aromatic rings. The molecule has 0 aromatic heterocycles. The van der Waals surface area contributed by atoms with E-state index in [-0.39, 0.29) is 6.61 Å². The van der Waals surface area contributed by atoms with Crippen molar-refractivity contribution in [2.24, 2.45) is 0 Å². The quantitative estimate of drug-likeness (QED) is 0.795. The summed E-state index contributed by atoms with van der Waals surface area (Å²) in [5.74, 6) is 0.585. The van der Waals surface area contributed by atoms with Crippen molar-refractivity contribution in [3.05, 3.63) is 27.8 Å². The smallest absolute Gasteiger partial charge is 0.143 e. The third-order valence-corrected chi connectivity index (χ3v) is 2.56. The number of hydrogen-bond donors (Lipinski definition) is 1. The molecule has 0 atom stereocenters. The van der Waals surface area contributed by atoms with E-state index in [0.717, 1.165) is 16.7 Å². The first-order chi connectivity index (χ1) is 6.11. The lowest BCUT2D eigenvalue weighted by molar-refractivity contribution is 0.273. The van der Waals surface area contributed by atoms with Gasteiger partial charge < -0.3 is 9.84 Å². The Labute approximate surface area is 83.1 Å². The zero-order chi connectivity index (χ0) is 10.0. The Bertz CT molecular complexity index is 321. The zero-order valence-corrected chi connectivity index (χ0v) is 8.77. The van der Waals surface area contributed by atoms with Crippen molar-refractivity contribution in [2.45, 2.75) is 20.5 Å². The van der Waals surface area contributed by atoms with E-state index >= 15 is 0 Å². The Morgan fingerprint density at radius 2 is 2.00 bits per heavy atom. The van der Waals surface area contributed by atoms with E-state index in [1.54, 1.807) is 7.11 Å². The lowest BCUT2D eigenvalue weighted by Crippen LogP contribution is -1.97. The fraction of sp³-hybridized carbons (Fsp3) is 0.400. The molecule has 0 heterocycles. The Morgan fingerprint density at radius 3 is 2.46 bits per heavy atom. The van der Waals surface area contributed by atoms with Crippen LogP contribution in [-0.4, -0.2) is 12.2 Å². The van der Waals surface area contributed by atoms with Crippen molar-refractivity contribution in [2.75, 3.05) is 7.11 Å². The Hall–Kier alpha value is -0.730. The highest BCUT2D eigenvalue weighted by Crippen LogP contribution is 2.33. The van der Waals surface area contributed by atoms with Crippen molar-refractivity contribution < 1.29 is 9.84 Å². The second-order valence-electron chi connectivity index (χ2n) is 2.99. The molecule has 3 heteroatoms. The van der Waals surface area contributed by atoms with Crippen molar-refractivity contribution in [1.82, 2.24) is 0 Å². The molecule has 0 aliphatic heterocycles. The van der Waals surface area contributed by atoms with Crippen LogP contribution in [0, 0.1) is 13.8 Å². The first-order valence-electron chi connectivity index (χ1n) is 4.05. The topological polar surface area (TPSA) is 29.5 Å². The van der Waals surface area contributed by atoms with Gasteiger partial charge in [0.1, 0.15) is 5.75 Å². The van der Waals surface area contributed by atoms with Crippen LogP contribution in [0.1, 0.15) is 16.7 Å². The monoisotopic (exact) mass is 200 g/mol. The van der Waals surface area contributed by atoms with Crippen molar-refractivity contribution >= 4 is 11.6 Å². The number of halogens is 1. The highest BCUT2D eigenvalue weighted by Gasteiger charge is 2.12. The van der Waals surface area contributed by atoms with Gasteiger partial charge in [-0.2, -0.15) is 0 Å². The van der Waals surface area contributed by atoms with Gasteiger partial charge in [0.05, 0.1) is 18.7 Å². The molecule has 0 spiro atoms. The predicted molar refractivity (Wildman–Crippen MR) is 53.4 cm³/mol. The highest BCUT2D eigenvalue weighted by atomic mass is 35.5. The lowest BCUT2D eigenvalue weighted by Gasteiger charge is -2.13. The summed E-state index contributed by atoms with van der Waals surface area (Å²) in [6.45, 7) is 3.80. The number of methoxy groups -OCH3 is 1. The summed E-state index contributed by atoms with van der Waals surface area (Å²) in [6.07, 6.45) is 0. The van der Waals surface area contributed by atoms with Crippen LogP contribution in [0.2, 0.25) is 5.02 Å². The second kappa shape index (κ2) is 3.99. The predicted octanol–water partition coefficient (Wildman–Crippen LogP) is 2.46. The Morgan fingerprint density at radius 1 is 1.38 bits per heavy atom. The normalized spacial score (nSPS) is 10.2. The van der Waals surface area contributed by atoms with Crippen molar-refractivity contribution in [1.29, 1.82) is 0 Å². The molecule has 13 heavy (non-hydrogen) atoms. The van der Waals surface area contributed by atoms with Crippen molar-refractivity contribution in [3.8, 4) is 5.75 Å². The molecular formula is C10H13ClO2. The van der Waals surface area contributed by atoms with Gasteiger partial charge in [0.25, 0.3) is 0 Å². The molecule has 72 valence electrons. The van der Waals surface area contributed by atoms with Gasteiger partial charge >= 0.3 is 0 Å². The van der Waals surface area contributed by atoms with Gasteiger partial charge in [-0.1, -0.05) is 17.7 Å². The van der Waals surface area contributed by atoms with E-state index in [9.17, 15) is 0 Å². The van der Waals surface area contributed by atoms with E-state index < -0.39 is 0 Å². The molecule has 0 radical (unpaired) electrons. The Balaban J connectivity index is 3.41. The largest absolute Gasteiger partial charge is 0.495 e. The molecule has 1 N–H and O–H groups in total. The number of aliphatic hydroxyl groups excluding tert-OH is 1. The maximum atomic E-state index is 9.11. The molecule has 1 aromatic carbocycles. The molecule has 0 aliphatic carbocycles. The minimum atomic E-state index is -0.0466. The molecule has 2 nitrogen and oxygen atoms in total. The third-order valence-electron chi connectivity index (χ3n) is 2.09. The molecule has 0 unspecified atom stereocenters. The third kappa shape index (κ3) is 1.79. The summed E-state index contributed by atoms with van der Waals surface area (Å²) < 4.78 is 5.14. The van der Waals surface area contributed by atoms with Gasteiger partial charge in [0.2, 0.25) is 0 Å². The standard InChI is InChI=1S/C10H13ClO2/c1-6-4-7(2)9(11)10(13-3)8(6)5-12/h4,12H,5H2,1-3H3. The van der Waals surface area contributed by atoms with Crippen LogP contribution >= 0.6 is 11.6 Å². The average Bonchev–Trinajstić information content (AvgIpc) is 2.10. The summed E-state index contributed by atoms with van der Waals surface area (Å²) in [5.41, 5.74) is 2.73. The van der Waals surface area contributed by atoms with Crippen LogP contribution in [0.5, 0.6) is 5.75 Å². The van der Waals surface area contributed by atoms with Gasteiger partial charge in [0.15, 0.2) is 0 Å². The lowest BCUT2D eigenvalue weighted by atomic mass is 10.0. The van der Waals surface area contributed by atoms with Crippen LogP contribution < -0.4 is 4.74 Å². The molecule has 0 saturated heterocycles. The van der Waals surface area contributed by atoms with Crippen LogP contribution in [0.3, 0.4) is 0 Å². The summed E-state index contributed by atoms with van der Waals surface area (Å²) in [4.78, 5) is 0. The minimum Gasteiger partial charge on any atom is -0.495 e. The average molecular weight is 201 g/mol. The molecule has 0 bridgehead atoms. The molecule has 1 rings (SSSR count). The van der Waals surface area contributed by atoms with Crippen LogP contribution in [-0.2, 0) is 6.61 Å². The number of hydrogen-bond acceptors (Lipinski definition) is 2. The maximum absolute atomic E-state index is 9.11. The van der Waals surface area contributed by atoms with E-state index in [0.29, 0.717) is 10.8 Å². The number of aryl methyl sites for hydroxylation is 2. The van der Waals surface area contributed by atoms with E-state index in [2.05, 4.69) is 0 Å². The summed E-state index contributed by atoms with van der Waals surface area (Å²) in [6, 6.07) is 1.94. The SMILES string of the molecule is COc1c(Cl)c(C)cc(C)c1CO. The zero-order valence-electron chi connectivity index (χ0n) is 8.02.